The van der Waals surface area contributed by atoms with Gasteiger partial charge in [-0.05, 0) is 18.2 Å². The van der Waals surface area contributed by atoms with Gasteiger partial charge in [0.1, 0.15) is 6.61 Å². The average Bonchev–Trinajstić information content (AvgIpc) is 2.30. The number of nitrogens with two attached hydrogens (primary N) is 1. The van der Waals surface area contributed by atoms with Crippen LogP contribution in [0.15, 0.2) is 18.2 Å². The van der Waals surface area contributed by atoms with Crippen LogP contribution in [0.3, 0.4) is 0 Å². The second-order valence-corrected chi connectivity index (χ2v) is 3.61. The highest BCUT2D eigenvalue weighted by atomic mass is 35.5. The molecule has 1 rings (SSSR count). The molecule has 0 atom stereocenters. The van der Waals surface area contributed by atoms with Crippen molar-refractivity contribution in [3.63, 3.8) is 0 Å². The van der Waals surface area contributed by atoms with Gasteiger partial charge >= 0.3 is 0 Å². The number of hydrogen-bond donors (Lipinski definition) is 2. The smallest absolute Gasteiger partial charge is 0.250 e. The fourth-order valence-corrected chi connectivity index (χ4v) is 1.36. The quantitative estimate of drug-likeness (QED) is 0.796. The highest BCUT2D eigenvalue weighted by Crippen LogP contribution is 2.19. The number of ether oxygens (including phenoxy) is 1. The van der Waals surface area contributed by atoms with E-state index in [1.807, 2.05) is 0 Å². The van der Waals surface area contributed by atoms with E-state index in [0.717, 1.165) is 0 Å². The molecule has 4 nitrogen and oxygen atoms in total. The van der Waals surface area contributed by atoms with Crippen LogP contribution in [0.4, 0.5) is 5.69 Å². The minimum Gasteiger partial charge on any atom is -0.375 e. The number of anilines is 1. The zero-order valence-corrected chi connectivity index (χ0v) is 10.2. The molecule has 0 radical (unpaired) electrons. The third-order valence-corrected chi connectivity index (χ3v) is 2.09. The summed E-state index contributed by atoms with van der Waals surface area (Å²) in [7, 11) is 1.45. The van der Waals surface area contributed by atoms with E-state index in [2.05, 4.69) is 17.2 Å². The summed E-state index contributed by atoms with van der Waals surface area (Å²) in [4.78, 5) is 11.4. The lowest BCUT2D eigenvalue weighted by molar-refractivity contribution is -0.119. The lowest BCUT2D eigenvalue weighted by Gasteiger charge is -2.07. The number of amides is 1. The fraction of sp³-hybridized carbons (Fsp3) is 0.250. The normalized spacial score (nSPS) is 9.35. The molecule has 0 unspecified atom stereocenters. The topological polar surface area (TPSA) is 64.3 Å². The second kappa shape index (κ2) is 6.92. The van der Waals surface area contributed by atoms with Crippen LogP contribution in [0.2, 0.25) is 5.02 Å². The molecule has 0 heterocycles. The Kier molecular flexibility index (Phi) is 5.50. The first-order valence-electron chi connectivity index (χ1n) is 4.94. The van der Waals surface area contributed by atoms with Crippen molar-refractivity contribution < 1.29 is 9.53 Å². The minimum atomic E-state index is -0.245. The molecule has 0 saturated carbocycles. The number of halogens is 1. The van der Waals surface area contributed by atoms with Crippen LogP contribution in [0.5, 0.6) is 0 Å². The average molecular weight is 253 g/mol. The second-order valence-electron chi connectivity index (χ2n) is 3.18. The van der Waals surface area contributed by atoms with Crippen molar-refractivity contribution in [2.24, 2.45) is 5.73 Å². The van der Waals surface area contributed by atoms with Crippen molar-refractivity contribution in [3.05, 3.63) is 28.8 Å². The number of hydrogen-bond acceptors (Lipinski definition) is 3. The maximum absolute atomic E-state index is 11.4. The van der Waals surface area contributed by atoms with Gasteiger partial charge in [0.05, 0.1) is 12.2 Å². The molecule has 0 aromatic heterocycles. The van der Waals surface area contributed by atoms with E-state index < -0.39 is 0 Å². The van der Waals surface area contributed by atoms with E-state index in [4.69, 9.17) is 22.1 Å². The van der Waals surface area contributed by atoms with Crippen LogP contribution in [0.25, 0.3) is 0 Å². The maximum atomic E-state index is 11.4. The lowest BCUT2D eigenvalue weighted by atomic mass is 10.2. The molecular weight excluding hydrogens is 240 g/mol. The Hall–Kier alpha value is -1.54. The highest BCUT2D eigenvalue weighted by Gasteiger charge is 2.05. The molecule has 0 fully saturated rings. The molecule has 5 heteroatoms. The summed E-state index contributed by atoms with van der Waals surface area (Å²) in [6, 6.07) is 5.04. The molecule has 0 aliphatic carbocycles. The predicted molar refractivity (Wildman–Crippen MR) is 67.9 cm³/mol. The van der Waals surface area contributed by atoms with E-state index in [1.165, 1.54) is 7.11 Å². The van der Waals surface area contributed by atoms with Gasteiger partial charge < -0.3 is 15.8 Å². The van der Waals surface area contributed by atoms with Crippen LogP contribution in [0, 0.1) is 11.8 Å². The molecule has 3 N–H and O–H groups in total. The number of carbonyl (C=O) groups excluding carboxylic acids is 1. The van der Waals surface area contributed by atoms with Crippen LogP contribution < -0.4 is 11.1 Å². The number of benzene rings is 1. The molecular formula is C12H13ClN2O2. The van der Waals surface area contributed by atoms with Crippen molar-refractivity contribution >= 4 is 23.2 Å². The molecule has 0 bridgehead atoms. The van der Waals surface area contributed by atoms with E-state index in [9.17, 15) is 4.79 Å². The molecule has 0 aliphatic rings. The molecule has 0 saturated heterocycles. The van der Waals surface area contributed by atoms with Crippen molar-refractivity contribution in [2.75, 3.05) is 25.6 Å². The van der Waals surface area contributed by atoms with Gasteiger partial charge in [-0.25, -0.2) is 0 Å². The van der Waals surface area contributed by atoms with Crippen LogP contribution in [-0.2, 0) is 9.53 Å². The van der Waals surface area contributed by atoms with E-state index >= 15 is 0 Å². The standard InChI is InChI=1S/C12H13ClN2O2/c1-17-8-12(16)15-11-5-4-10(13)7-9(11)3-2-6-14/h4-5,7H,6,8,14H2,1H3,(H,15,16). The fourth-order valence-electron chi connectivity index (χ4n) is 1.19. The van der Waals surface area contributed by atoms with Crippen LogP contribution >= 0.6 is 11.6 Å². The molecule has 0 aliphatic heterocycles. The summed E-state index contributed by atoms with van der Waals surface area (Å²) >= 11 is 5.86. The Morgan fingerprint density at radius 1 is 1.59 bits per heavy atom. The van der Waals surface area contributed by atoms with Crippen molar-refractivity contribution in [1.82, 2.24) is 0 Å². The summed E-state index contributed by atoms with van der Waals surface area (Å²) in [6.45, 7) is 0.240. The number of rotatable bonds is 3. The molecule has 1 amide bonds. The molecule has 1 aromatic carbocycles. The summed E-state index contributed by atoms with van der Waals surface area (Å²) in [5.74, 6) is 5.32. The number of carbonyl (C=O) groups is 1. The van der Waals surface area contributed by atoms with Gasteiger partial charge in [-0.3, -0.25) is 4.79 Å². The Labute approximate surface area is 105 Å². The van der Waals surface area contributed by atoms with Crippen LogP contribution in [-0.4, -0.2) is 26.2 Å². The maximum Gasteiger partial charge on any atom is 0.250 e. The van der Waals surface area contributed by atoms with Gasteiger partial charge in [-0.1, -0.05) is 23.4 Å². The number of nitrogens with one attached hydrogen (secondary N) is 1. The summed E-state index contributed by atoms with van der Waals surface area (Å²) < 4.78 is 4.73. The van der Waals surface area contributed by atoms with E-state index in [1.54, 1.807) is 18.2 Å². The molecule has 0 spiro atoms. The highest BCUT2D eigenvalue weighted by molar-refractivity contribution is 6.30. The number of methoxy groups -OCH3 is 1. The Bertz CT molecular complexity index is 463. The van der Waals surface area contributed by atoms with Gasteiger partial charge in [0.2, 0.25) is 5.91 Å². The lowest BCUT2D eigenvalue weighted by Crippen LogP contribution is -2.17. The summed E-state index contributed by atoms with van der Waals surface area (Å²) in [5.41, 5.74) is 6.53. The minimum absolute atomic E-state index is 0.00756. The van der Waals surface area contributed by atoms with Gasteiger partial charge in [0, 0.05) is 17.7 Å². The monoisotopic (exact) mass is 252 g/mol. The van der Waals surface area contributed by atoms with Gasteiger partial charge in [0.15, 0.2) is 0 Å². The van der Waals surface area contributed by atoms with Crippen LogP contribution in [0.1, 0.15) is 5.56 Å². The van der Waals surface area contributed by atoms with Crippen molar-refractivity contribution in [1.29, 1.82) is 0 Å². The first-order valence-corrected chi connectivity index (χ1v) is 5.32. The third kappa shape index (κ3) is 4.45. The Morgan fingerprint density at radius 3 is 3.00 bits per heavy atom. The van der Waals surface area contributed by atoms with Gasteiger partial charge in [-0.15, -0.1) is 0 Å². The zero-order chi connectivity index (χ0) is 12.7. The first-order chi connectivity index (χ1) is 8.17. The third-order valence-electron chi connectivity index (χ3n) is 1.86. The summed E-state index contributed by atoms with van der Waals surface area (Å²) in [5, 5.41) is 3.23. The first kappa shape index (κ1) is 13.5. The van der Waals surface area contributed by atoms with Gasteiger partial charge in [-0.2, -0.15) is 0 Å². The molecule has 1 aromatic rings. The Balaban J connectivity index is 2.94. The van der Waals surface area contributed by atoms with Crippen molar-refractivity contribution in [2.45, 2.75) is 0 Å². The van der Waals surface area contributed by atoms with Crippen molar-refractivity contribution in [3.8, 4) is 11.8 Å². The predicted octanol–water partition coefficient (Wildman–Crippen LogP) is 1.24. The Morgan fingerprint density at radius 2 is 2.35 bits per heavy atom. The van der Waals surface area contributed by atoms with E-state index in [0.29, 0.717) is 16.3 Å². The molecule has 90 valence electrons. The molecule has 17 heavy (non-hydrogen) atoms. The van der Waals surface area contributed by atoms with Gasteiger partial charge in [0.25, 0.3) is 0 Å². The zero-order valence-electron chi connectivity index (χ0n) is 9.42. The largest absolute Gasteiger partial charge is 0.375 e. The SMILES string of the molecule is COCC(=O)Nc1ccc(Cl)cc1C#CCN. The summed E-state index contributed by atoms with van der Waals surface area (Å²) in [6.07, 6.45) is 0. The van der Waals surface area contributed by atoms with E-state index in [-0.39, 0.29) is 19.1 Å².